The SMILES string of the molecule is O=C(c1cncc(Br)c1)N1CCc2c1cccc2[N+](=O)[O-]. The Morgan fingerprint density at radius 1 is 1.38 bits per heavy atom. The minimum Gasteiger partial charge on any atom is -0.307 e. The first-order chi connectivity index (χ1) is 10.1. The molecule has 2 heterocycles. The maximum atomic E-state index is 12.5. The summed E-state index contributed by atoms with van der Waals surface area (Å²) in [6.45, 7) is 0.436. The number of pyridine rings is 1. The van der Waals surface area contributed by atoms with Crippen LogP contribution in [0.15, 0.2) is 41.1 Å². The molecule has 2 aromatic rings. The zero-order valence-corrected chi connectivity index (χ0v) is 12.4. The minimum absolute atomic E-state index is 0.0650. The molecule has 1 aliphatic heterocycles. The van der Waals surface area contributed by atoms with Crippen molar-refractivity contribution in [1.29, 1.82) is 0 Å². The minimum atomic E-state index is -0.409. The summed E-state index contributed by atoms with van der Waals surface area (Å²) >= 11 is 3.28. The highest BCUT2D eigenvalue weighted by atomic mass is 79.9. The molecule has 0 radical (unpaired) electrons. The van der Waals surface area contributed by atoms with Gasteiger partial charge in [0.15, 0.2) is 0 Å². The van der Waals surface area contributed by atoms with Gasteiger partial charge in [-0.25, -0.2) is 0 Å². The van der Waals surface area contributed by atoms with Gasteiger partial charge in [-0.15, -0.1) is 0 Å². The molecular formula is C14H10BrN3O3. The molecule has 1 aliphatic rings. The molecule has 3 rings (SSSR count). The van der Waals surface area contributed by atoms with Crippen LogP contribution >= 0.6 is 15.9 Å². The number of carbonyl (C=O) groups excluding carboxylic acids is 1. The molecule has 0 saturated heterocycles. The highest BCUT2D eigenvalue weighted by Crippen LogP contribution is 2.35. The predicted molar refractivity (Wildman–Crippen MR) is 80.4 cm³/mol. The van der Waals surface area contributed by atoms with Crippen LogP contribution in [-0.2, 0) is 6.42 Å². The van der Waals surface area contributed by atoms with Gasteiger partial charge in [-0.3, -0.25) is 19.9 Å². The third kappa shape index (κ3) is 2.40. The second-order valence-electron chi connectivity index (χ2n) is 4.63. The number of anilines is 1. The van der Waals surface area contributed by atoms with E-state index in [0.717, 1.165) is 0 Å². The molecular weight excluding hydrogens is 338 g/mol. The quantitative estimate of drug-likeness (QED) is 0.618. The lowest BCUT2D eigenvalue weighted by Crippen LogP contribution is -2.28. The first kappa shape index (κ1) is 13.7. The van der Waals surface area contributed by atoms with E-state index in [1.807, 2.05) is 0 Å². The van der Waals surface area contributed by atoms with Crippen LogP contribution in [0.25, 0.3) is 0 Å². The summed E-state index contributed by atoms with van der Waals surface area (Å²) < 4.78 is 0.715. The van der Waals surface area contributed by atoms with Crippen LogP contribution in [0.5, 0.6) is 0 Å². The normalized spacial score (nSPS) is 13.1. The van der Waals surface area contributed by atoms with Crippen LogP contribution in [0.3, 0.4) is 0 Å². The summed E-state index contributed by atoms with van der Waals surface area (Å²) in [5, 5.41) is 11.0. The second kappa shape index (κ2) is 5.25. The molecule has 0 spiro atoms. The maximum Gasteiger partial charge on any atom is 0.274 e. The van der Waals surface area contributed by atoms with Gasteiger partial charge in [-0.1, -0.05) is 6.07 Å². The Kier molecular flexibility index (Phi) is 3.42. The van der Waals surface area contributed by atoms with Crippen LogP contribution in [0.4, 0.5) is 11.4 Å². The molecule has 0 bridgehead atoms. The summed E-state index contributed by atoms with van der Waals surface area (Å²) in [7, 11) is 0. The molecule has 0 fully saturated rings. The van der Waals surface area contributed by atoms with Crippen molar-refractivity contribution in [2.24, 2.45) is 0 Å². The molecule has 1 aromatic carbocycles. The summed E-state index contributed by atoms with van der Waals surface area (Å²) in [5.41, 5.74) is 1.73. The molecule has 7 heteroatoms. The molecule has 0 unspecified atom stereocenters. The number of rotatable bonds is 2. The molecule has 106 valence electrons. The van der Waals surface area contributed by atoms with Gasteiger partial charge in [-0.05, 0) is 34.5 Å². The number of benzene rings is 1. The molecule has 0 saturated carbocycles. The van der Waals surface area contributed by atoms with Gasteiger partial charge in [0, 0.05) is 29.5 Å². The van der Waals surface area contributed by atoms with Crippen molar-refractivity contribution < 1.29 is 9.72 Å². The van der Waals surface area contributed by atoms with E-state index in [4.69, 9.17) is 0 Å². The Hall–Kier alpha value is -2.28. The van der Waals surface area contributed by atoms with Gasteiger partial charge in [0.2, 0.25) is 0 Å². The van der Waals surface area contributed by atoms with Crippen molar-refractivity contribution in [3.63, 3.8) is 0 Å². The van der Waals surface area contributed by atoms with Gasteiger partial charge in [-0.2, -0.15) is 0 Å². The number of nitro benzene ring substituents is 1. The number of carbonyl (C=O) groups is 1. The topological polar surface area (TPSA) is 76.3 Å². The number of nitro groups is 1. The van der Waals surface area contributed by atoms with E-state index < -0.39 is 4.92 Å². The third-order valence-corrected chi connectivity index (χ3v) is 3.83. The predicted octanol–water partition coefficient (Wildman–Crippen LogP) is 2.96. The number of aromatic nitrogens is 1. The van der Waals surface area contributed by atoms with Gasteiger partial charge in [0.25, 0.3) is 11.6 Å². The third-order valence-electron chi connectivity index (χ3n) is 3.40. The molecule has 6 nitrogen and oxygen atoms in total. The van der Waals surface area contributed by atoms with E-state index in [1.54, 1.807) is 29.3 Å². The Morgan fingerprint density at radius 2 is 2.19 bits per heavy atom. The standard InChI is InChI=1S/C14H10BrN3O3/c15-10-6-9(7-16-8-10)14(19)17-5-4-11-12(17)2-1-3-13(11)18(20)21/h1-3,6-8H,4-5H2. The van der Waals surface area contributed by atoms with Gasteiger partial charge < -0.3 is 4.90 Å². The maximum absolute atomic E-state index is 12.5. The lowest BCUT2D eigenvalue weighted by molar-refractivity contribution is -0.385. The van der Waals surface area contributed by atoms with Crippen LogP contribution < -0.4 is 4.90 Å². The fourth-order valence-electron chi connectivity index (χ4n) is 2.48. The van der Waals surface area contributed by atoms with E-state index in [1.165, 1.54) is 12.3 Å². The highest BCUT2D eigenvalue weighted by molar-refractivity contribution is 9.10. The van der Waals surface area contributed by atoms with Crippen LogP contribution in [0.2, 0.25) is 0 Å². The smallest absolute Gasteiger partial charge is 0.274 e. The fourth-order valence-corrected chi connectivity index (χ4v) is 2.85. The van der Waals surface area contributed by atoms with Crippen molar-refractivity contribution in [2.45, 2.75) is 6.42 Å². The van der Waals surface area contributed by atoms with Crippen LogP contribution in [-0.4, -0.2) is 22.4 Å². The lowest BCUT2D eigenvalue weighted by Gasteiger charge is -2.17. The Balaban J connectivity index is 2.00. The highest BCUT2D eigenvalue weighted by Gasteiger charge is 2.30. The lowest BCUT2D eigenvalue weighted by atomic mass is 10.1. The molecule has 0 atom stereocenters. The number of nitrogens with zero attached hydrogens (tertiary/aromatic N) is 3. The zero-order chi connectivity index (χ0) is 15.0. The van der Waals surface area contributed by atoms with E-state index in [0.29, 0.717) is 34.3 Å². The first-order valence-corrected chi connectivity index (χ1v) is 7.06. The summed E-state index contributed by atoms with van der Waals surface area (Å²) in [6, 6.07) is 6.48. The Morgan fingerprint density at radius 3 is 2.90 bits per heavy atom. The summed E-state index contributed by atoms with van der Waals surface area (Å²) in [6.07, 6.45) is 3.57. The van der Waals surface area contributed by atoms with Gasteiger partial charge in [0.1, 0.15) is 0 Å². The second-order valence-corrected chi connectivity index (χ2v) is 5.55. The largest absolute Gasteiger partial charge is 0.307 e. The van der Waals surface area contributed by atoms with Gasteiger partial charge in [0.05, 0.1) is 21.7 Å². The molecule has 21 heavy (non-hydrogen) atoms. The van der Waals surface area contributed by atoms with E-state index in [2.05, 4.69) is 20.9 Å². The van der Waals surface area contributed by atoms with Gasteiger partial charge >= 0.3 is 0 Å². The van der Waals surface area contributed by atoms with Crippen LogP contribution in [0.1, 0.15) is 15.9 Å². The van der Waals surface area contributed by atoms with E-state index in [9.17, 15) is 14.9 Å². The molecule has 1 aromatic heterocycles. The number of hydrogen-bond donors (Lipinski definition) is 0. The Labute approximate surface area is 128 Å². The fraction of sp³-hybridized carbons (Fsp3) is 0.143. The van der Waals surface area contributed by atoms with E-state index in [-0.39, 0.29) is 11.6 Å². The molecule has 1 amide bonds. The monoisotopic (exact) mass is 347 g/mol. The van der Waals surface area contributed by atoms with Crippen molar-refractivity contribution in [3.8, 4) is 0 Å². The molecule has 0 aliphatic carbocycles. The van der Waals surface area contributed by atoms with Crippen molar-refractivity contribution in [2.75, 3.05) is 11.4 Å². The van der Waals surface area contributed by atoms with Crippen molar-refractivity contribution >= 4 is 33.2 Å². The molecule has 0 N–H and O–H groups in total. The number of hydrogen-bond acceptors (Lipinski definition) is 4. The Bertz CT molecular complexity index is 748. The summed E-state index contributed by atoms with van der Waals surface area (Å²) in [4.78, 5) is 28.7. The zero-order valence-electron chi connectivity index (χ0n) is 10.8. The van der Waals surface area contributed by atoms with Crippen molar-refractivity contribution in [3.05, 3.63) is 62.4 Å². The first-order valence-electron chi connectivity index (χ1n) is 6.26. The number of halogens is 1. The van der Waals surface area contributed by atoms with E-state index >= 15 is 0 Å². The average molecular weight is 348 g/mol. The number of amides is 1. The van der Waals surface area contributed by atoms with Crippen molar-refractivity contribution in [1.82, 2.24) is 4.98 Å². The van der Waals surface area contributed by atoms with Crippen LogP contribution in [0, 0.1) is 10.1 Å². The number of fused-ring (bicyclic) bond motifs is 1. The summed E-state index contributed by atoms with van der Waals surface area (Å²) in [5.74, 6) is -0.206. The average Bonchev–Trinajstić information content (AvgIpc) is 2.90.